The Morgan fingerprint density at radius 3 is 2.45 bits per heavy atom. The number of amides is 2. The Hall–Kier alpha value is -2.81. The molecule has 1 heterocycles. The maximum Gasteiger partial charge on any atom is 0.335 e. The first kappa shape index (κ1) is 20.9. The van der Waals surface area contributed by atoms with E-state index in [-0.39, 0.29) is 33.8 Å². The summed E-state index contributed by atoms with van der Waals surface area (Å²) in [5, 5.41) is 16.6. The van der Waals surface area contributed by atoms with Gasteiger partial charge in [0.05, 0.1) is 26.9 Å². The van der Waals surface area contributed by atoms with Crippen LogP contribution in [0.25, 0.3) is 0 Å². The van der Waals surface area contributed by atoms with E-state index in [4.69, 9.17) is 16.7 Å². The third kappa shape index (κ3) is 5.83. The van der Waals surface area contributed by atoms with Crippen molar-refractivity contribution in [1.29, 1.82) is 0 Å². The number of thiophene rings is 1. The normalized spacial score (nSPS) is 10.4. The average molecular weight is 447 g/mol. The highest BCUT2D eigenvalue weighted by Gasteiger charge is 2.11. The van der Waals surface area contributed by atoms with Crippen LogP contribution < -0.4 is 10.6 Å². The number of nitrogens with one attached hydrogen (secondary N) is 2. The molecule has 3 N–H and O–H groups in total. The standard InChI is InChI=1S/C20H15ClN2O4S2/c21-15-8-3-12(20(26)27)10-16(15)23-18(24)11-29-14-6-4-13(5-7-14)22-19(25)17-2-1-9-28-17/h1-10H,11H2,(H,22,25)(H,23,24)(H,26,27). The van der Waals surface area contributed by atoms with Gasteiger partial charge in [-0.3, -0.25) is 9.59 Å². The van der Waals surface area contributed by atoms with Crippen LogP contribution in [0.15, 0.2) is 64.9 Å². The van der Waals surface area contributed by atoms with E-state index in [2.05, 4.69) is 10.6 Å². The topological polar surface area (TPSA) is 95.5 Å². The molecule has 0 bridgehead atoms. The minimum Gasteiger partial charge on any atom is -0.478 e. The number of carboxylic acid groups (broad SMARTS) is 1. The van der Waals surface area contributed by atoms with Crippen LogP contribution in [0, 0.1) is 0 Å². The quantitative estimate of drug-likeness (QED) is 0.440. The van der Waals surface area contributed by atoms with Gasteiger partial charge in [0.1, 0.15) is 0 Å². The number of thioether (sulfide) groups is 1. The van der Waals surface area contributed by atoms with Gasteiger partial charge in [-0.25, -0.2) is 4.79 Å². The van der Waals surface area contributed by atoms with Crippen LogP contribution in [0.5, 0.6) is 0 Å². The van der Waals surface area contributed by atoms with Gasteiger partial charge in [0, 0.05) is 10.6 Å². The number of carboxylic acids is 1. The van der Waals surface area contributed by atoms with Crippen molar-refractivity contribution in [3.05, 3.63) is 75.4 Å². The number of hydrogen-bond acceptors (Lipinski definition) is 5. The van der Waals surface area contributed by atoms with Gasteiger partial charge in [0.2, 0.25) is 5.91 Å². The van der Waals surface area contributed by atoms with Crippen LogP contribution in [0.4, 0.5) is 11.4 Å². The Bertz CT molecular complexity index is 1040. The second-order valence-corrected chi connectivity index (χ2v) is 8.20. The zero-order valence-corrected chi connectivity index (χ0v) is 17.2. The van der Waals surface area contributed by atoms with Gasteiger partial charge in [-0.15, -0.1) is 23.1 Å². The summed E-state index contributed by atoms with van der Waals surface area (Å²) in [6.45, 7) is 0. The lowest BCUT2D eigenvalue weighted by Crippen LogP contribution is -2.15. The van der Waals surface area contributed by atoms with E-state index >= 15 is 0 Å². The maximum absolute atomic E-state index is 12.2. The minimum absolute atomic E-state index is 0.0394. The molecule has 0 spiro atoms. The average Bonchev–Trinajstić information content (AvgIpc) is 3.24. The van der Waals surface area contributed by atoms with Crippen LogP contribution in [-0.4, -0.2) is 28.6 Å². The molecular formula is C20H15ClN2O4S2. The fraction of sp³-hybridized carbons (Fsp3) is 0.0500. The molecule has 0 aliphatic rings. The van der Waals surface area contributed by atoms with E-state index in [0.717, 1.165) is 4.90 Å². The number of benzene rings is 2. The Morgan fingerprint density at radius 1 is 1.03 bits per heavy atom. The van der Waals surface area contributed by atoms with Gasteiger partial charge in [-0.2, -0.15) is 0 Å². The van der Waals surface area contributed by atoms with Crippen molar-refractivity contribution in [2.24, 2.45) is 0 Å². The smallest absolute Gasteiger partial charge is 0.335 e. The molecule has 0 atom stereocenters. The lowest BCUT2D eigenvalue weighted by Gasteiger charge is -2.09. The molecule has 148 valence electrons. The number of hydrogen-bond donors (Lipinski definition) is 3. The summed E-state index contributed by atoms with van der Waals surface area (Å²) in [7, 11) is 0. The summed E-state index contributed by atoms with van der Waals surface area (Å²) < 4.78 is 0. The second-order valence-electron chi connectivity index (χ2n) is 5.79. The molecule has 0 fully saturated rings. The van der Waals surface area contributed by atoms with Gasteiger partial charge in [-0.1, -0.05) is 17.7 Å². The van der Waals surface area contributed by atoms with Crippen LogP contribution >= 0.6 is 34.7 Å². The zero-order chi connectivity index (χ0) is 20.8. The molecule has 3 aromatic rings. The first-order valence-electron chi connectivity index (χ1n) is 8.33. The van der Waals surface area contributed by atoms with E-state index in [1.54, 1.807) is 30.3 Å². The maximum atomic E-state index is 12.2. The fourth-order valence-electron chi connectivity index (χ4n) is 2.32. The largest absolute Gasteiger partial charge is 0.478 e. The lowest BCUT2D eigenvalue weighted by atomic mass is 10.2. The summed E-state index contributed by atoms with van der Waals surface area (Å²) in [6.07, 6.45) is 0. The van der Waals surface area contributed by atoms with Crippen LogP contribution in [0.2, 0.25) is 5.02 Å². The monoisotopic (exact) mass is 446 g/mol. The van der Waals surface area contributed by atoms with Crippen LogP contribution in [0.1, 0.15) is 20.0 Å². The molecule has 0 aliphatic carbocycles. The Balaban J connectivity index is 1.53. The number of carbonyl (C=O) groups excluding carboxylic acids is 2. The predicted octanol–water partition coefficient (Wildman–Crippen LogP) is 5.08. The van der Waals surface area contributed by atoms with Gasteiger partial charge < -0.3 is 15.7 Å². The molecule has 9 heteroatoms. The van der Waals surface area contributed by atoms with Crippen LogP contribution in [0.3, 0.4) is 0 Å². The molecule has 29 heavy (non-hydrogen) atoms. The third-order valence-corrected chi connectivity index (χ3v) is 5.92. The highest BCUT2D eigenvalue weighted by Crippen LogP contribution is 2.25. The van der Waals surface area contributed by atoms with Crippen molar-refractivity contribution in [2.75, 3.05) is 16.4 Å². The number of anilines is 2. The summed E-state index contributed by atoms with van der Waals surface area (Å²) in [5.41, 5.74) is 0.954. The summed E-state index contributed by atoms with van der Waals surface area (Å²) in [6, 6.07) is 14.8. The number of carbonyl (C=O) groups is 3. The van der Waals surface area contributed by atoms with Crippen molar-refractivity contribution in [2.45, 2.75) is 4.90 Å². The second kappa shape index (κ2) is 9.60. The zero-order valence-electron chi connectivity index (χ0n) is 14.8. The van der Waals surface area contributed by atoms with E-state index in [1.165, 1.54) is 41.3 Å². The molecular weight excluding hydrogens is 432 g/mol. The van der Waals surface area contributed by atoms with Crippen molar-refractivity contribution >= 4 is 63.9 Å². The molecule has 0 saturated heterocycles. The Kier molecular flexibility index (Phi) is 6.92. The van der Waals surface area contributed by atoms with Gasteiger partial charge in [0.25, 0.3) is 5.91 Å². The van der Waals surface area contributed by atoms with E-state index in [0.29, 0.717) is 10.6 Å². The van der Waals surface area contributed by atoms with Gasteiger partial charge in [-0.05, 0) is 53.9 Å². The van der Waals surface area contributed by atoms with E-state index in [9.17, 15) is 14.4 Å². The summed E-state index contributed by atoms with van der Waals surface area (Å²) >= 11 is 8.68. The van der Waals surface area contributed by atoms with E-state index in [1.807, 2.05) is 11.4 Å². The third-order valence-electron chi connectivity index (χ3n) is 3.71. The number of aromatic carboxylic acids is 1. The highest BCUT2D eigenvalue weighted by atomic mass is 35.5. The lowest BCUT2D eigenvalue weighted by molar-refractivity contribution is -0.113. The SMILES string of the molecule is O=C(CSc1ccc(NC(=O)c2cccs2)cc1)Nc1cc(C(=O)O)ccc1Cl. The van der Waals surface area contributed by atoms with Gasteiger partial charge >= 0.3 is 5.97 Å². The van der Waals surface area contributed by atoms with Crippen molar-refractivity contribution in [3.8, 4) is 0 Å². The molecule has 6 nitrogen and oxygen atoms in total. The molecule has 0 radical (unpaired) electrons. The van der Waals surface area contributed by atoms with Crippen molar-refractivity contribution < 1.29 is 19.5 Å². The summed E-state index contributed by atoms with van der Waals surface area (Å²) in [5.74, 6) is -1.46. The number of halogens is 1. The predicted molar refractivity (Wildman–Crippen MR) is 116 cm³/mol. The molecule has 3 rings (SSSR count). The van der Waals surface area contributed by atoms with E-state index < -0.39 is 5.97 Å². The fourth-order valence-corrected chi connectivity index (χ4v) is 3.81. The molecule has 0 saturated carbocycles. The first-order valence-corrected chi connectivity index (χ1v) is 10.6. The molecule has 2 aromatic carbocycles. The van der Waals surface area contributed by atoms with Crippen molar-refractivity contribution in [3.63, 3.8) is 0 Å². The number of rotatable bonds is 7. The first-order chi connectivity index (χ1) is 13.9. The molecule has 0 unspecified atom stereocenters. The highest BCUT2D eigenvalue weighted by molar-refractivity contribution is 8.00. The minimum atomic E-state index is -1.10. The Morgan fingerprint density at radius 2 is 1.79 bits per heavy atom. The van der Waals surface area contributed by atoms with Gasteiger partial charge in [0.15, 0.2) is 0 Å². The molecule has 0 aliphatic heterocycles. The van der Waals surface area contributed by atoms with Crippen molar-refractivity contribution in [1.82, 2.24) is 0 Å². The Labute approximate surface area is 179 Å². The molecule has 1 aromatic heterocycles. The van der Waals surface area contributed by atoms with Crippen LogP contribution in [-0.2, 0) is 4.79 Å². The molecule has 2 amide bonds. The summed E-state index contributed by atoms with van der Waals surface area (Å²) in [4.78, 5) is 36.7.